The highest BCUT2D eigenvalue weighted by Gasteiger charge is 2.16. The van der Waals surface area contributed by atoms with E-state index in [0.717, 1.165) is 10.8 Å². The minimum Gasteiger partial charge on any atom is -0.383 e. The number of ketones is 1. The van der Waals surface area contributed by atoms with Crippen LogP contribution in [0.3, 0.4) is 0 Å². The first kappa shape index (κ1) is 10.5. The van der Waals surface area contributed by atoms with Gasteiger partial charge in [-0.05, 0) is 11.5 Å². The highest BCUT2D eigenvalue weighted by atomic mass is 16.1. The second-order valence-electron chi connectivity index (χ2n) is 3.93. The maximum atomic E-state index is 12.4. The van der Waals surface area contributed by atoms with Gasteiger partial charge in [0.2, 0.25) is 0 Å². The molecule has 3 rings (SSSR count). The quantitative estimate of drug-likeness (QED) is 0.666. The van der Waals surface area contributed by atoms with Crippen LogP contribution in [-0.4, -0.2) is 21.0 Å². The molecule has 0 aliphatic rings. The summed E-state index contributed by atoms with van der Waals surface area (Å²) < 4.78 is 0. The number of nitrogens with zero attached hydrogens (tertiary/aromatic N) is 2. The third-order valence-corrected chi connectivity index (χ3v) is 2.84. The lowest BCUT2D eigenvalue weighted by Gasteiger charge is -2.04. The van der Waals surface area contributed by atoms with Crippen LogP contribution >= 0.6 is 0 Å². The summed E-state index contributed by atoms with van der Waals surface area (Å²) in [5.74, 6) is 0.143. The van der Waals surface area contributed by atoms with Crippen LogP contribution in [0.4, 0.5) is 5.82 Å². The molecule has 0 saturated heterocycles. The Labute approximate surface area is 103 Å². The van der Waals surface area contributed by atoms with Crippen LogP contribution in [0, 0.1) is 0 Å². The maximum Gasteiger partial charge on any atom is 0.198 e. The van der Waals surface area contributed by atoms with Crippen molar-refractivity contribution in [3.8, 4) is 0 Å². The molecule has 0 fully saturated rings. The maximum absolute atomic E-state index is 12.4. The van der Waals surface area contributed by atoms with Gasteiger partial charge in [0.15, 0.2) is 5.78 Å². The molecule has 0 radical (unpaired) electrons. The van der Waals surface area contributed by atoms with Crippen LogP contribution in [0.2, 0.25) is 0 Å². The van der Waals surface area contributed by atoms with Gasteiger partial charge in [0.05, 0.1) is 11.8 Å². The van der Waals surface area contributed by atoms with Crippen molar-refractivity contribution >= 4 is 22.4 Å². The Balaban J connectivity index is 2.21. The minimum atomic E-state index is -0.141. The summed E-state index contributed by atoms with van der Waals surface area (Å²) in [6, 6.07) is 7.33. The average molecular weight is 238 g/mol. The first-order valence-electron chi connectivity index (χ1n) is 5.43. The standard InChI is InChI=1S/C13H10N4O/c14-13-11(7-16-17-13)12(18)10-3-1-2-8-6-15-5-4-9(8)10/h1-7H,(H3,14,16,17). The number of H-pyrrole nitrogens is 1. The summed E-state index contributed by atoms with van der Waals surface area (Å²) in [7, 11) is 0. The Morgan fingerprint density at radius 3 is 2.83 bits per heavy atom. The average Bonchev–Trinajstić information content (AvgIpc) is 2.83. The monoisotopic (exact) mass is 238 g/mol. The third kappa shape index (κ3) is 1.53. The topological polar surface area (TPSA) is 84.7 Å². The number of hydrogen-bond acceptors (Lipinski definition) is 4. The van der Waals surface area contributed by atoms with E-state index in [-0.39, 0.29) is 11.6 Å². The SMILES string of the molecule is Nc1[nH]ncc1C(=O)c1cccc2cnccc12. The van der Waals surface area contributed by atoms with Crippen molar-refractivity contribution in [2.24, 2.45) is 0 Å². The van der Waals surface area contributed by atoms with Crippen molar-refractivity contribution in [3.63, 3.8) is 0 Å². The highest BCUT2D eigenvalue weighted by Crippen LogP contribution is 2.21. The number of rotatable bonds is 2. The Bertz CT molecular complexity index is 727. The number of fused-ring (bicyclic) bond motifs is 1. The molecule has 0 amide bonds. The molecule has 2 aromatic heterocycles. The zero-order valence-electron chi connectivity index (χ0n) is 9.42. The zero-order valence-corrected chi connectivity index (χ0v) is 9.42. The molecule has 0 bridgehead atoms. The molecule has 0 atom stereocenters. The zero-order chi connectivity index (χ0) is 12.5. The summed E-state index contributed by atoms with van der Waals surface area (Å²) >= 11 is 0. The summed E-state index contributed by atoms with van der Waals surface area (Å²) in [4.78, 5) is 16.4. The van der Waals surface area contributed by atoms with Crippen LogP contribution in [0.5, 0.6) is 0 Å². The van der Waals surface area contributed by atoms with Crippen LogP contribution in [0.25, 0.3) is 10.8 Å². The molecule has 88 valence electrons. The molecule has 18 heavy (non-hydrogen) atoms. The number of anilines is 1. The van der Waals surface area contributed by atoms with Crippen LogP contribution in [0.1, 0.15) is 15.9 Å². The molecule has 0 aliphatic heterocycles. The van der Waals surface area contributed by atoms with Crippen molar-refractivity contribution in [3.05, 3.63) is 54.0 Å². The van der Waals surface area contributed by atoms with Gasteiger partial charge in [0, 0.05) is 23.3 Å². The second kappa shape index (κ2) is 3.96. The normalized spacial score (nSPS) is 10.7. The van der Waals surface area contributed by atoms with E-state index in [2.05, 4.69) is 15.2 Å². The molecular weight excluding hydrogens is 228 g/mol. The third-order valence-electron chi connectivity index (χ3n) is 2.84. The van der Waals surface area contributed by atoms with Crippen molar-refractivity contribution < 1.29 is 4.79 Å². The molecule has 0 spiro atoms. The summed E-state index contributed by atoms with van der Waals surface area (Å²) in [5.41, 5.74) is 6.66. The first-order chi connectivity index (χ1) is 8.77. The van der Waals surface area contributed by atoms with Crippen molar-refractivity contribution in [2.75, 3.05) is 5.73 Å². The number of nitrogens with two attached hydrogens (primary N) is 1. The molecule has 2 heterocycles. The van der Waals surface area contributed by atoms with Gasteiger partial charge in [-0.25, -0.2) is 0 Å². The number of aromatic amines is 1. The minimum absolute atomic E-state index is 0.141. The molecular formula is C13H10N4O. The fraction of sp³-hybridized carbons (Fsp3) is 0. The summed E-state index contributed by atoms with van der Waals surface area (Å²) in [6.45, 7) is 0. The lowest BCUT2D eigenvalue weighted by molar-refractivity contribution is 0.104. The molecule has 3 N–H and O–H groups in total. The fourth-order valence-electron chi connectivity index (χ4n) is 1.94. The molecule has 5 heteroatoms. The van der Waals surface area contributed by atoms with Gasteiger partial charge in [-0.1, -0.05) is 18.2 Å². The molecule has 0 unspecified atom stereocenters. The molecule has 3 aromatic rings. The second-order valence-corrected chi connectivity index (χ2v) is 3.93. The summed E-state index contributed by atoms with van der Waals surface area (Å²) in [6.07, 6.45) is 4.83. The fourth-order valence-corrected chi connectivity index (χ4v) is 1.94. The van der Waals surface area contributed by atoms with Crippen molar-refractivity contribution in [1.29, 1.82) is 0 Å². The van der Waals surface area contributed by atoms with Gasteiger partial charge in [0.25, 0.3) is 0 Å². The number of carbonyl (C=O) groups excluding carboxylic acids is 1. The van der Waals surface area contributed by atoms with E-state index in [1.54, 1.807) is 18.5 Å². The van der Waals surface area contributed by atoms with Gasteiger partial charge in [-0.15, -0.1) is 0 Å². The van der Waals surface area contributed by atoms with E-state index in [1.807, 2.05) is 18.2 Å². The number of pyridine rings is 1. The number of nitrogen functional groups attached to an aromatic ring is 1. The number of aromatic nitrogens is 3. The first-order valence-corrected chi connectivity index (χ1v) is 5.43. The summed E-state index contributed by atoms with van der Waals surface area (Å²) in [5, 5.41) is 8.11. The van der Waals surface area contributed by atoms with Crippen LogP contribution in [-0.2, 0) is 0 Å². The van der Waals surface area contributed by atoms with E-state index in [0.29, 0.717) is 11.1 Å². The molecule has 0 saturated carbocycles. The van der Waals surface area contributed by atoms with Crippen molar-refractivity contribution in [2.45, 2.75) is 0 Å². The van der Waals surface area contributed by atoms with Gasteiger partial charge in [-0.2, -0.15) is 5.10 Å². The lowest BCUT2D eigenvalue weighted by atomic mass is 10.00. The van der Waals surface area contributed by atoms with E-state index in [4.69, 9.17) is 5.73 Å². The van der Waals surface area contributed by atoms with Gasteiger partial charge in [-0.3, -0.25) is 14.9 Å². The Morgan fingerprint density at radius 1 is 1.17 bits per heavy atom. The van der Waals surface area contributed by atoms with E-state index in [1.165, 1.54) is 6.20 Å². The predicted octanol–water partition coefficient (Wildman–Crippen LogP) is 1.77. The van der Waals surface area contributed by atoms with E-state index < -0.39 is 0 Å². The van der Waals surface area contributed by atoms with Gasteiger partial charge < -0.3 is 5.73 Å². The van der Waals surface area contributed by atoms with Gasteiger partial charge >= 0.3 is 0 Å². The predicted molar refractivity (Wildman–Crippen MR) is 68.2 cm³/mol. The largest absolute Gasteiger partial charge is 0.383 e. The number of carbonyl (C=O) groups is 1. The van der Waals surface area contributed by atoms with E-state index >= 15 is 0 Å². The van der Waals surface area contributed by atoms with Gasteiger partial charge in [0.1, 0.15) is 5.82 Å². The van der Waals surface area contributed by atoms with E-state index in [9.17, 15) is 4.79 Å². The Morgan fingerprint density at radius 2 is 2.06 bits per heavy atom. The molecule has 0 aliphatic carbocycles. The Hall–Kier alpha value is -2.69. The smallest absolute Gasteiger partial charge is 0.198 e. The van der Waals surface area contributed by atoms with Crippen LogP contribution < -0.4 is 5.73 Å². The number of hydrogen-bond donors (Lipinski definition) is 2. The molecule has 1 aromatic carbocycles. The number of nitrogens with one attached hydrogen (secondary N) is 1. The van der Waals surface area contributed by atoms with Crippen LogP contribution in [0.15, 0.2) is 42.9 Å². The highest BCUT2D eigenvalue weighted by molar-refractivity contribution is 6.17. The lowest BCUT2D eigenvalue weighted by Crippen LogP contribution is -2.04. The van der Waals surface area contributed by atoms with Crippen molar-refractivity contribution in [1.82, 2.24) is 15.2 Å². The number of benzene rings is 1. The Kier molecular flexibility index (Phi) is 2.30. The molecule has 5 nitrogen and oxygen atoms in total.